The Bertz CT molecular complexity index is 218. The fourth-order valence-electron chi connectivity index (χ4n) is 0.863. The van der Waals surface area contributed by atoms with Gasteiger partial charge in [0.15, 0.2) is 0 Å². The molecule has 0 fully saturated rings. The molecule has 0 bridgehead atoms. The summed E-state index contributed by atoms with van der Waals surface area (Å²) in [5, 5.41) is 17.2. The van der Waals surface area contributed by atoms with Gasteiger partial charge >= 0.3 is 0 Å². The first-order chi connectivity index (χ1) is 5.33. The van der Waals surface area contributed by atoms with Gasteiger partial charge in [0.25, 0.3) is 0 Å². The second-order valence-electron chi connectivity index (χ2n) is 2.32. The van der Waals surface area contributed by atoms with Crippen LogP contribution in [0.4, 0.5) is 0 Å². The summed E-state index contributed by atoms with van der Waals surface area (Å²) in [5.74, 6) is 0.269. The molecule has 0 spiro atoms. The van der Waals surface area contributed by atoms with E-state index in [9.17, 15) is 0 Å². The highest BCUT2D eigenvalue weighted by Gasteiger charge is 1.91. The van der Waals surface area contributed by atoms with Gasteiger partial charge in [-0.05, 0) is 24.1 Å². The molecule has 0 atom stereocenters. The molecule has 0 saturated heterocycles. The monoisotopic (exact) mass is 269 g/mol. The summed E-state index contributed by atoms with van der Waals surface area (Å²) >= 11 is 0. The highest BCUT2D eigenvalue weighted by molar-refractivity contribution is 8.93. The summed E-state index contributed by atoms with van der Waals surface area (Å²) in [5.41, 5.74) is 3.16. The molecule has 0 radical (unpaired) electrons. The third-order valence-electron chi connectivity index (χ3n) is 1.46. The van der Waals surface area contributed by atoms with Crippen LogP contribution in [0, 0.1) is 0 Å². The molecule has 0 aliphatic carbocycles. The van der Waals surface area contributed by atoms with Gasteiger partial charge in [0.2, 0.25) is 0 Å². The van der Waals surface area contributed by atoms with E-state index in [1.54, 1.807) is 12.1 Å². The van der Waals surface area contributed by atoms with Crippen molar-refractivity contribution < 1.29 is 10.3 Å². The molecular weight excluding hydrogens is 257 g/mol. The number of hydroxylamine groups is 1. The zero-order valence-corrected chi connectivity index (χ0v) is 9.46. The Balaban J connectivity index is 0. The molecule has 0 aromatic heterocycles. The Morgan fingerprint density at radius 1 is 1.15 bits per heavy atom. The van der Waals surface area contributed by atoms with Gasteiger partial charge < -0.3 is 10.3 Å². The Kier molecular flexibility index (Phi) is 9.72. The lowest BCUT2D eigenvalue weighted by molar-refractivity contribution is 0.168. The molecule has 0 heterocycles. The van der Waals surface area contributed by atoms with Gasteiger partial charge in [0.05, 0.1) is 0 Å². The lowest BCUT2D eigenvalue weighted by Crippen LogP contribution is -2.10. The standard InChI is InChI=1S/C8H11NO2.BrH.ClH/c10-8-3-1-7(2-4-8)5-6-9-11;;/h1-4,9-11H,5-6H2;2*1H. The minimum absolute atomic E-state index is 0. The molecule has 13 heavy (non-hydrogen) atoms. The van der Waals surface area contributed by atoms with Crippen LogP contribution in [0.25, 0.3) is 0 Å². The maximum atomic E-state index is 8.92. The predicted octanol–water partition coefficient (Wildman–Crippen LogP) is 1.91. The van der Waals surface area contributed by atoms with E-state index in [-0.39, 0.29) is 35.1 Å². The molecule has 0 aliphatic heterocycles. The number of hydrogen-bond donors (Lipinski definition) is 3. The fraction of sp³-hybridized carbons (Fsp3) is 0.250. The van der Waals surface area contributed by atoms with E-state index in [4.69, 9.17) is 10.3 Å². The van der Waals surface area contributed by atoms with Gasteiger partial charge in [-0.2, -0.15) is 0 Å². The third kappa shape index (κ3) is 5.87. The van der Waals surface area contributed by atoms with E-state index in [0.717, 1.165) is 12.0 Å². The maximum Gasteiger partial charge on any atom is 0.115 e. The molecule has 3 N–H and O–H groups in total. The Morgan fingerprint density at radius 3 is 2.15 bits per heavy atom. The summed E-state index contributed by atoms with van der Waals surface area (Å²) in [4.78, 5) is 0. The van der Waals surface area contributed by atoms with Gasteiger partial charge in [-0.15, -0.1) is 29.4 Å². The molecule has 5 heteroatoms. The van der Waals surface area contributed by atoms with E-state index < -0.39 is 0 Å². The van der Waals surface area contributed by atoms with Crippen molar-refractivity contribution in [3.63, 3.8) is 0 Å². The van der Waals surface area contributed by atoms with E-state index in [2.05, 4.69) is 5.48 Å². The zero-order chi connectivity index (χ0) is 8.10. The average Bonchev–Trinajstić information content (AvgIpc) is 2.04. The number of phenols is 1. The van der Waals surface area contributed by atoms with Crippen molar-refractivity contribution in [3.05, 3.63) is 29.8 Å². The predicted molar refractivity (Wildman–Crippen MR) is 59.2 cm³/mol. The average molecular weight is 271 g/mol. The van der Waals surface area contributed by atoms with Crippen LogP contribution in [0.3, 0.4) is 0 Å². The number of nitrogens with one attached hydrogen (secondary N) is 1. The summed E-state index contributed by atoms with van der Waals surface area (Å²) in [7, 11) is 0. The number of rotatable bonds is 3. The summed E-state index contributed by atoms with van der Waals surface area (Å²) < 4.78 is 0. The van der Waals surface area contributed by atoms with Crippen molar-refractivity contribution in [2.45, 2.75) is 6.42 Å². The number of aromatic hydroxyl groups is 1. The smallest absolute Gasteiger partial charge is 0.115 e. The second kappa shape index (κ2) is 8.31. The maximum absolute atomic E-state index is 8.92. The first-order valence-electron chi connectivity index (χ1n) is 3.48. The van der Waals surface area contributed by atoms with E-state index in [1.807, 2.05) is 12.1 Å². The summed E-state index contributed by atoms with van der Waals surface area (Å²) in [6.45, 7) is 0.533. The highest BCUT2D eigenvalue weighted by atomic mass is 79.9. The lowest BCUT2D eigenvalue weighted by Gasteiger charge is -1.98. The van der Waals surface area contributed by atoms with Crippen LogP contribution in [0.1, 0.15) is 5.56 Å². The quantitative estimate of drug-likeness (QED) is 0.736. The van der Waals surface area contributed by atoms with Crippen LogP contribution in [0.5, 0.6) is 5.75 Å². The molecule has 0 saturated carbocycles. The number of halogens is 2. The van der Waals surface area contributed by atoms with Crippen molar-refractivity contribution in [1.29, 1.82) is 0 Å². The molecule has 1 aromatic carbocycles. The van der Waals surface area contributed by atoms with E-state index in [1.165, 1.54) is 0 Å². The molecule has 0 aliphatic rings. The summed E-state index contributed by atoms with van der Waals surface area (Å²) in [6.07, 6.45) is 0.761. The largest absolute Gasteiger partial charge is 0.508 e. The number of phenolic OH excluding ortho intramolecular Hbond substituents is 1. The molecule has 76 valence electrons. The number of benzene rings is 1. The SMILES string of the molecule is Br.Cl.ONCCc1ccc(O)cc1. The van der Waals surface area contributed by atoms with Gasteiger partial charge in [0.1, 0.15) is 5.75 Å². The molecule has 1 rings (SSSR count). The van der Waals surface area contributed by atoms with Crippen molar-refractivity contribution >= 4 is 29.4 Å². The third-order valence-corrected chi connectivity index (χ3v) is 1.46. The van der Waals surface area contributed by atoms with Crippen LogP contribution in [-0.4, -0.2) is 16.9 Å². The van der Waals surface area contributed by atoms with Gasteiger partial charge in [-0.3, -0.25) is 0 Å². The van der Waals surface area contributed by atoms with Crippen LogP contribution in [-0.2, 0) is 6.42 Å². The Labute approximate surface area is 93.9 Å². The summed E-state index contributed by atoms with van der Waals surface area (Å²) in [6, 6.07) is 6.92. The van der Waals surface area contributed by atoms with Crippen molar-refractivity contribution in [2.75, 3.05) is 6.54 Å². The molecular formula is C8H13BrClNO2. The van der Waals surface area contributed by atoms with Crippen LogP contribution >= 0.6 is 29.4 Å². The topological polar surface area (TPSA) is 52.5 Å². The Morgan fingerprint density at radius 2 is 1.69 bits per heavy atom. The van der Waals surface area contributed by atoms with E-state index >= 15 is 0 Å². The normalized spacial score (nSPS) is 8.38. The second-order valence-corrected chi connectivity index (χ2v) is 2.32. The van der Waals surface area contributed by atoms with Crippen LogP contribution in [0.2, 0.25) is 0 Å². The van der Waals surface area contributed by atoms with Gasteiger partial charge in [-0.1, -0.05) is 12.1 Å². The Hall–Kier alpha value is -0.290. The molecule has 3 nitrogen and oxygen atoms in total. The van der Waals surface area contributed by atoms with Crippen LogP contribution < -0.4 is 5.48 Å². The highest BCUT2D eigenvalue weighted by Crippen LogP contribution is 2.09. The van der Waals surface area contributed by atoms with Crippen molar-refractivity contribution in [3.8, 4) is 5.75 Å². The van der Waals surface area contributed by atoms with Gasteiger partial charge in [0, 0.05) is 6.54 Å². The number of hydrogen-bond acceptors (Lipinski definition) is 3. The zero-order valence-electron chi connectivity index (χ0n) is 6.93. The van der Waals surface area contributed by atoms with Gasteiger partial charge in [-0.25, -0.2) is 5.48 Å². The fourth-order valence-corrected chi connectivity index (χ4v) is 0.863. The van der Waals surface area contributed by atoms with Crippen molar-refractivity contribution in [1.82, 2.24) is 5.48 Å². The lowest BCUT2D eigenvalue weighted by atomic mass is 10.1. The van der Waals surface area contributed by atoms with E-state index in [0.29, 0.717) is 6.54 Å². The molecule has 0 amide bonds. The minimum Gasteiger partial charge on any atom is -0.508 e. The first kappa shape index (κ1) is 15.2. The van der Waals surface area contributed by atoms with Crippen LogP contribution in [0.15, 0.2) is 24.3 Å². The first-order valence-corrected chi connectivity index (χ1v) is 3.48. The molecule has 0 unspecified atom stereocenters. The van der Waals surface area contributed by atoms with Crippen molar-refractivity contribution in [2.24, 2.45) is 0 Å². The minimum atomic E-state index is 0. The molecule has 1 aromatic rings.